The Balaban J connectivity index is 1.40. The van der Waals surface area contributed by atoms with Gasteiger partial charge in [-0.3, -0.25) is 14.2 Å². The number of amides is 1. The smallest absolute Gasteiger partial charge is 0.261 e. The standard InChI is InChI=1S/C23H23N3O4/c1-14(15-6-8-19-20(13-15)30-11-10-29-19)24-22(27)16-5-7-17-18(12-16)25-21-4-2-3-9-26(21)23(17)28/h5-8,12-14H,2-4,9-11H2,1H3,(H,24,27)/t14-/m1/s1. The highest BCUT2D eigenvalue weighted by atomic mass is 16.6. The second-order valence-electron chi connectivity index (χ2n) is 7.77. The maximum absolute atomic E-state index is 12.9. The first-order valence-corrected chi connectivity index (χ1v) is 10.3. The van der Waals surface area contributed by atoms with Crippen molar-refractivity contribution >= 4 is 16.8 Å². The minimum Gasteiger partial charge on any atom is -0.486 e. The molecule has 30 heavy (non-hydrogen) atoms. The van der Waals surface area contributed by atoms with E-state index in [9.17, 15) is 9.59 Å². The van der Waals surface area contributed by atoms with Gasteiger partial charge in [-0.25, -0.2) is 4.98 Å². The summed E-state index contributed by atoms with van der Waals surface area (Å²) in [6.07, 6.45) is 2.83. The summed E-state index contributed by atoms with van der Waals surface area (Å²) in [6, 6.07) is 10.6. The molecule has 0 saturated carbocycles. The lowest BCUT2D eigenvalue weighted by Gasteiger charge is -2.21. The van der Waals surface area contributed by atoms with Crippen molar-refractivity contribution in [2.24, 2.45) is 0 Å². The number of ether oxygens (including phenoxy) is 2. The van der Waals surface area contributed by atoms with Crippen LogP contribution in [0.1, 0.15) is 47.6 Å². The SMILES string of the molecule is C[C@@H](NC(=O)c1ccc2c(=O)n3c(nc2c1)CCCC3)c1ccc2c(c1)OCCO2. The molecule has 1 aromatic heterocycles. The van der Waals surface area contributed by atoms with E-state index < -0.39 is 0 Å². The molecule has 0 spiro atoms. The predicted molar refractivity (Wildman–Crippen MR) is 112 cm³/mol. The monoisotopic (exact) mass is 405 g/mol. The first kappa shape index (κ1) is 18.7. The Kier molecular flexibility index (Phi) is 4.65. The van der Waals surface area contributed by atoms with Crippen LogP contribution in [0.4, 0.5) is 0 Å². The maximum atomic E-state index is 12.9. The zero-order valence-electron chi connectivity index (χ0n) is 16.8. The minimum atomic E-state index is -0.217. The van der Waals surface area contributed by atoms with E-state index in [1.54, 1.807) is 22.8 Å². The summed E-state index contributed by atoms with van der Waals surface area (Å²) in [5.74, 6) is 2.01. The number of aromatic nitrogens is 2. The van der Waals surface area contributed by atoms with Gasteiger partial charge >= 0.3 is 0 Å². The van der Waals surface area contributed by atoms with E-state index in [2.05, 4.69) is 10.3 Å². The Hall–Kier alpha value is -3.35. The van der Waals surface area contributed by atoms with E-state index in [1.807, 2.05) is 25.1 Å². The summed E-state index contributed by atoms with van der Waals surface area (Å²) < 4.78 is 12.9. The molecule has 0 bridgehead atoms. The number of rotatable bonds is 3. The lowest BCUT2D eigenvalue weighted by atomic mass is 10.1. The second kappa shape index (κ2) is 7.48. The number of carbonyl (C=O) groups is 1. The number of nitrogens with zero attached hydrogens (tertiary/aromatic N) is 2. The molecular weight excluding hydrogens is 382 g/mol. The van der Waals surface area contributed by atoms with Gasteiger partial charge in [0.25, 0.3) is 11.5 Å². The van der Waals surface area contributed by atoms with Gasteiger partial charge < -0.3 is 14.8 Å². The number of carbonyl (C=O) groups excluding carboxylic acids is 1. The quantitative estimate of drug-likeness (QED) is 0.724. The van der Waals surface area contributed by atoms with Gasteiger partial charge in [-0.15, -0.1) is 0 Å². The van der Waals surface area contributed by atoms with Gasteiger partial charge in [-0.05, 0) is 55.7 Å². The van der Waals surface area contributed by atoms with Crippen LogP contribution in [0.15, 0.2) is 41.2 Å². The fourth-order valence-electron chi connectivity index (χ4n) is 4.08. The van der Waals surface area contributed by atoms with E-state index in [0.29, 0.717) is 42.0 Å². The van der Waals surface area contributed by atoms with E-state index >= 15 is 0 Å². The van der Waals surface area contributed by atoms with Crippen LogP contribution < -0.4 is 20.3 Å². The number of hydrogen-bond donors (Lipinski definition) is 1. The van der Waals surface area contributed by atoms with Crippen molar-refractivity contribution in [1.29, 1.82) is 0 Å². The molecule has 1 amide bonds. The van der Waals surface area contributed by atoms with Gasteiger partial charge in [0.15, 0.2) is 11.5 Å². The molecule has 1 atom stereocenters. The summed E-state index contributed by atoms with van der Waals surface area (Å²) >= 11 is 0. The van der Waals surface area contributed by atoms with Crippen LogP contribution >= 0.6 is 0 Å². The Morgan fingerprint density at radius 3 is 2.80 bits per heavy atom. The zero-order chi connectivity index (χ0) is 20.7. The third-order valence-electron chi connectivity index (χ3n) is 5.74. The summed E-state index contributed by atoms with van der Waals surface area (Å²) in [6.45, 7) is 3.70. The molecule has 2 aromatic carbocycles. The van der Waals surface area contributed by atoms with Crippen molar-refractivity contribution in [3.63, 3.8) is 0 Å². The first-order valence-electron chi connectivity index (χ1n) is 10.3. The van der Waals surface area contributed by atoms with E-state index in [1.165, 1.54) is 0 Å². The fraction of sp³-hybridized carbons (Fsp3) is 0.348. The third-order valence-corrected chi connectivity index (χ3v) is 5.74. The molecule has 0 unspecified atom stereocenters. The summed E-state index contributed by atoms with van der Waals surface area (Å²) in [4.78, 5) is 30.2. The zero-order valence-corrected chi connectivity index (χ0v) is 16.8. The van der Waals surface area contributed by atoms with Gasteiger partial charge in [-0.1, -0.05) is 6.07 Å². The third kappa shape index (κ3) is 3.30. The average molecular weight is 405 g/mol. The molecule has 5 rings (SSSR count). The molecular formula is C23H23N3O4. The van der Waals surface area contributed by atoms with E-state index in [0.717, 1.165) is 36.4 Å². The highest BCUT2D eigenvalue weighted by Crippen LogP contribution is 2.32. The summed E-state index contributed by atoms with van der Waals surface area (Å²) in [7, 11) is 0. The molecule has 3 heterocycles. The molecule has 3 aromatic rings. The van der Waals surface area contributed by atoms with Crippen LogP contribution in [0.2, 0.25) is 0 Å². The summed E-state index contributed by atoms with van der Waals surface area (Å²) in [5.41, 5.74) is 1.97. The Bertz CT molecular complexity index is 1200. The van der Waals surface area contributed by atoms with Crippen LogP contribution in [-0.2, 0) is 13.0 Å². The molecule has 0 radical (unpaired) electrons. The van der Waals surface area contributed by atoms with Gasteiger partial charge in [0.2, 0.25) is 0 Å². The highest BCUT2D eigenvalue weighted by molar-refractivity contribution is 5.97. The number of nitrogens with one attached hydrogen (secondary N) is 1. The first-order chi connectivity index (χ1) is 14.6. The number of benzene rings is 2. The van der Waals surface area contributed by atoms with E-state index in [-0.39, 0.29) is 17.5 Å². The lowest BCUT2D eigenvalue weighted by molar-refractivity contribution is 0.0940. The molecule has 7 heteroatoms. The molecule has 2 aliphatic rings. The van der Waals surface area contributed by atoms with Crippen molar-refractivity contribution < 1.29 is 14.3 Å². The normalized spacial score (nSPS) is 16.0. The molecule has 2 aliphatic heterocycles. The fourth-order valence-corrected chi connectivity index (χ4v) is 4.08. The van der Waals surface area contributed by atoms with Crippen molar-refractivity contribution in [1.82, 2.24) is 14.9 Å². The Morgan fingerprint density at radius 1 is 1.10 bits per heavy atom. The number of aryl methyl sites for hydroxylation is 1. The van der Waals surface area contributed by atoms with Crippen LogP contribution in [-0.4, -0.2) is 28.7 Å². The van der Waals surface area contributed by atoms with Crippen LogP contribution in [0.25, 0.3) is 10.9 Å². The Morgan fingerprint density at radius 2 is 1.93 bits per heavy atom. The largest absolute Gasteiger partial charge is 0.486 e. The predicted octanol–water partition coefficient (Wildman–Crippen LogP) is 3.00. The molecule has 0 saturated heterocycles. The molecule has 0 fully saturated rings. The molecule has 1 N–H and O–H groups in total. The van der Waals surface area contributed by atoms with Crippen molar-refractivity contribution in [2.45, 2.75) is 38.8 Å². The number of fused-ring (bicyclic) bond motifs is 3. The van der Waals surface area contributed by atoms with Crippen molar-refractivity contribution in [3.05, 3.63) is 63.7 Å². The highest BCUT2D eigenvalue weighted by Gasteiger charge is 2.18. The summed E-state index contributed by atoms with van der Waals surface area (Å²) in [5, 5.41) is 3.57. The van der Waals surface area contributed by atoms with Crippen LogP contribution in [0.5, 0.6) is 11.5 Å². The lowest BCUT2D eigenvalue weighted by Crippen LogP contribution is -2.29. The van der Waals surface area contributed by atoms with Gasteiger partial charge in [0, 0.05) is 18.5 Å². The van der Waals surface area contributed by atoms with E-state index in [4.69, 9.17) is 9.47 Å². The minimum absolute atomic E-state index is 0.0219. The van der Waals surface area contributed by atoms with Gasteiger partial charge in [0.05, 0.1) is 16.9 Å². The van der Waals surface area contributed by atoms with Crippen LogP contribution in [0, 0.1) is 0 Å². The Labute approximate surface area is 173 Å². The molecule has 7 nitrogen and oxygen atoms in total. The number of hydrogen-bond acceptors (Lipinski definition) is 5. The van der Waals surface area contributed by atoms with Crippen LogP contribution in [0.3, 0.4) is 0 Å². The van der Waals surface area contributed by atoms with Gasteiger partial charge in [0.1, 0.15) is 19.0 Å². The average Bonchev–Trinajstić information content (AvgIpc) is 2.78. The van der Waals surface area contributed by atoms with Gasteiger partial charge in [-0.2, -0.15) is 0 Å². The van der Waals surface area contributed by atoms with Crippen molar-refractivity contribution in [2.75, 3.05) is 13.2 Å². The molecule has 154 valence electrons. The molecule has 0 aliphatic carbocycles. The maximum Gasteiger partial charge on any atom is 0.261 e. The second-order valence-corrected chi connectivity index (χ2v) is 7.77. The topological polar surface area (TPSA) is 82.5 Å². The van der Waals surface area contributed by atoms with Crippen molar-refractivity contribution in [3.8, 4) is 11.5 Å².